The SMILES string of the molecule is C[Si](C)(C)OC1(c2ccccc2)CCC[Si](C)(C)O1. The van der Waals surface area contributed by atoms with E-state index in [0.29, 0.717) is 0 Å². The highest BCUT2D eigenvalue weighted by Gasteiger charge is 2.46. The third-order valence-corrected chi connectivity index (χ3v) is 6.79. The minimum atomic E-state index is -1.67. The average Bonchev–Trinajstić information content (AvgIpc) is 2.26. The van der Waals surface area contributed by atoms with Crippen molar-refractivity contribution in [3.63, 3.8) is 0 Å². The van der Waals surface area contributed by atoms with Crippen molar-refractivity contribution in [2.24, 2.45) is 0 Å². The molecule has 1 atom stereocenters. The zero-order valence-corrected chi connectivity index (χ0v) is 14.8. The first-order valence-electron chi connectivity index (χ1n) is 7.18. The molecule has 1 aliphatic heterocycles. The van der Waals surface area contributed by atoms with Crippen molar-refractivity contribution < 1.29 is 8.85 Å². The summed E-state index contributed by atoms with van der Waals surface area (Å²) >= 11 is 0. The summed E-state index contributed by atoms with van der Waals surface area (Å²) in [6.45, 7) is 11.3. The Bertz CT molecular complexity index is 422. The van der Waals surface area contributed by atoms with E-state index in [0.717, 1.165) is 6.42 Å². The molecule has 1 heterocycles. The molecule has 0 N–H and O–H groups in total. The molecule has 0 bridgehead atoms. The van der Waals surface area contributed by atoms with Crippen LogP contribution in [0.5, 0.6) is 0 Å². The van der Waals surface area contributed by atoms with Crippen LogP contribution in [0.3, 0.4) is 0 Å². The summed E-state index contributed by atoms with van der Waals surface area (Å²) in [7, 11) is -3.28. The van der Waals surface area contributed by atoms with Crippen molar-refractivity contribution >= 4 is 16.6 Å². The van der Waals surface area contributed by atoms with Crippen LogP contribution >= 0.6 is 0 Å². The van der Waals surface area contributed by atoms with Gasteiger partial charge in [0.2, 0.25) is 0 Å². The predicted molar refractivity (Wildman–Crippen MR) is 85.2 cm³/mol. The quantitative estimate of drug-likeness (QED) is 0.752. The van der Waals surface area contributed by atoms with Gasteiger partial charge in [-0.25, -0.2) is 0 Å². The normalized spacial score (nSPS) is 27.2. The minimum absolute atomic E-state index is 0.486. The highest BCUT2D eigenvalue weighted by Crippen LogP contribution is 2.43. The fourth-order valence-corrected chi connectivity index (χ4v) is 6.43. The molecular weight excluding hydrogens is 268 g/mol. The fraction of sp³-hybridized carbons (Fsp3) is 0.600. The molecule has 1 unspecified atom stereocenters. The highest BCUT2D eigenvalue weighted by atomic mass is 28.4. The Morgan fingerprint density at radius 1 is 1.16 bits per heavy atom. The Hall–Kier alpha value is -0.426. The molecule has 2 rings (SSSR count). The van der Waals surface area contributed by atoms with E-state index in [1.807, 2.05) is 0 Å². The molecule has 0 aliphatic carbocycles. The van der Waals surface area contributed by atoms with Crippen LogP contribution in [0.2, 0.25) is 38.8 Å². The molecule has 1 aromatic carbocycles. The van der Waals surface area contributed by atoms with E-state index in [1.54, 1.807) is 0 Å². The Labute approximate surface area is 119 Å². The molecule has 0 radical (unpaired) electrons. The predicted octanol–water partition coefficient (Wildman–Crippen LogP) is 4.71. The zero-order valence-electron chi connectivity index (χ0n) is 12.8. The second kappa shape index (κ2) is 5.16. The molecule has 1 fully saturated rings. The molecule has 2 nitrogen and oxygen atoms in total. The van der Waals surface area contributed by atoms with Crippen LogP contribution in [0, 0.1) is 0 Å². The summed E-state index contributed by atoms with van der Waals surface area (Å²) in [5, 5.41) is 0. The molecule has 0 aromatic heterocycles. The van der Waals surface area contributed by atoms with Crippen LogP contribution in [0.4, 0.5) is 0 Å². The molecule has 19 heavy (non-hydrogen) atoms. The monoisotopic (exact) mass is 294 g/mol. The van der Waals surface area contributed by atoms with E-state index in [-0.39, 0.29) is 0 Å². The molecule has 1 saturated heterocycles. The molecule has 106 valence electrons. The lowest BCUT2D eigenvalue weighted by atomic mass is 10.0. The van der Waals surface area contributed by atoms with Gasteiger partial charge in [0.05, 0.1) is 0 Å². The van der Waals surface area contributed by atoms with Gasteiger partial charge in [0, 0.05) is 12.0 Å². The minimum Gasteiger partial charge on any atom is -0.388 e. The topological polar surface area (TPSA) is 18.5 Å². The van der Waals surface area contributed by atoms with Gasteiger partial charge in [-0.2, -0.15) is 0 Å². The highest BCUT2D eigenvalue weighted by molar-refractivity contribution is 6.72. The fourth-order valence-electron chi connectivity index (χ4n) is 2.82. The van der Waals surface area contributed by atoms with Gasteiger partial charge >= 0.3 is 0 Å². The molecule has 1 aromatic rings. The van der Waals surface area contributed by atoms with Crippen molar-refractivity contribution in [3.05, 3.63) is 35.9 Å². The van der Waals surface area contributed by atoms with Crippen LogP contribution in [-0.2, 0) is 14.6 Å². The molecular formula is C15H26O2Si2. The zero-order chi connectivity index (χ0) is 14.1. The number of benzene rings is 1. The molecule has 0 saturated carbocycles. The van der Waals surface area contributed by atoms with E-state index in [9.17, 15) is 0 Å². The largest absolute Gasteiger partial charge is 0.388 e. The number of hydrogen-bond acceptors (Lipinski definition) is 2. The van der Waals surface area contributed by atoms with Gasteiger partial charge in [-0.1, -0.05) is 30.3 Å². The van der Waals surface area contributed by atoms with Gasteiger partial charge in [-0.15, -0.1) is 0 Å². The Morgan fingerprint density at radius 3 is 2.32 bits per heavy atom. The van der Waals surface area contributed by atoms with E-state index < -0.39 is 22.4 Å². The molecule has 0 amide bonds. The summed E-state index contributed by atoms with van der Waals surface area (Å²) < 4.78 is 13.1. The standard InChI is InChI=1S/C15H26O2Si2/c1-18(2,3)16-15(14-10-7-6-8-11-14)12-9-13-19(4,5)17-15/h6-8,10-11H,9,12-13H2,1-5H3. The van der Waals surface area contributed by atoms with Crippen molar-refractivity contribution in [2.75, 3.05) is 0 Å². The molecule has 0 spiro atoms. The van der Waals surface area contributed by atoms with Gasteiger partial charge in [0.15, 0.2) is 22.4 Å². The van der Waals surface area contributed by atoms with Crippen LogP contribution in [0.25, 0.3) is 0 Å². The Balaban J connectivity index is 2.39. The van der Waals surface area contributed by atoms with Gasteiger partial charge in [-0.05, 0) is 45.2 Å². The van der Waals surface area contributed by atoms with Crippen LogP contribution in [0.15, 0.2) is 30.3 Å². The molecule has 4 heteroatoms. The maximum atomic E-state index is 6.57. The summed E-state index contributed by atoms with van der Waals surface area (Å²) in [4.78, 5) is 0. The van der Waals surface area contributed by atoms with E-state index >= 15 is 0 Å². The van der Waals surface area contributed by atoms with Gasteiger partial charge < -0.3 is 8.85 Å². The van der Waals surface area contributed by atoms with E-state index in [2.05, 4.69) is 63.1 Å². The van der Waals surface area contributed by atoms with Gasteiger partial charge in [0.1, 0.15) is 0 Å². The number of hydrogen-bond donors (Lipinski definition) is 0. The first-order chi connectivity index (χ1) is 8.73. The van der Waals surface area contributed by atoms with Crippen molar-refractivity contribution in [3.8, 4) is 0 Å². The second-order valence-corrected chi connectivity index (χ2v) is 15.7. The summed E-state index contributed by atoms with van der Waals surface area (Å²) in [5.74, 6) is -0.486. The van der Waals surface area contributed by atoms with Gasteiger partial charge in [-0.3, -0.25) is 0 Å². The molecule has 1 aliphatic rings. The first kappa shape index (κ1) is 15.0. The lowest BCUT2D eigenvalue weighted by Gasteiger charge is -2.47. The van der Waals surface area contributed by atoms with Gasteiger partial charge in [0.25, 0.3) is 0 Å². The third kappa shape index (κ3) is 3.78. The van der Waals surface area contributed by atoms with E-state index in [4.69, 9.17) is 8.85 Å². The Kier molecular flexibility index (Phi) is 4.07. The maximum Gasteiger partial charge on any atom is 0.191 e. The van der Waals surface area contributed by atoms with Crippen molar-refractivity contribution in [2.45, 2.75) is 57.4 Å². The summed E-state index contributed by atoms with van der Waals surface area (Å²) in [6.07, 6.45) is 2.19. The second-order valence-electron chi connectivity index (χ2n) is 7.05. The van der Waals surface area contributed by atoms with Crippen molar-refractivity contribution in [1.29, 1.82) is 0 Å². The van der Waals surface area contributed by atoms with E-state index in [1.165, 1.54) is 18.0 Å². The Morgan fingerprint density at radius 2 is 1.79 bits per heavy atom. The lowest BCUT2D eigenvalue weighted by Crippen LogP contribution is -2.52. The smallest absolute Gasteiger partial charge is 0.191 e. The van der Waals surface area contributed by atoms with Crippen LogP contribution < -0.4 is 0 Å². The maximum absolute atomic E-state index is 6.57. The van der Waals surface area contributed by atoms with Crippen LogP contribution in [0.1, 0.15) is 18.4 Å². The summed E-state index contributed by atoms with van der Waals surface area (Å²) in [6, 6.07) is 11.7. The summed E-state index contributed by atoms with van der Waals surface area (Å²) in [5.41, 5.74) is 1.19. The third-order valence-electron chi connectivity index (χ3n) is 3.41. The van der Waals surface area contributed by atoms with Crippen molar-refractivity contribution in [1.82, 2.24) is 0 Å². The van der Waals surface area contributed by atoms with Crippen LogP contribution in [-0.4, -0.2) is 16.6 Å². The first-order valence-corrected chi connectivity index (χ1v) is 13.7. The lowest BCUT2D eigenvalue weighted by molar-refractivity contribution is -0.151. The average molecular weight is 295 g/mol. The number of rotatable bonds is 3.